The third-order valence-electron chi connectivity index (χ3n) is 6.45. The van der Waals surface area contributed by atoms with Gasteiger partial charge in [-0.3, -0.25) is 4.79 Å². The second kappa shape index (κ2) is 10.1. The number of rotatable bonds is 6. The van der Waals surface area contributed by atoms with Crippen LogP contribution in [-0.4, -0.2) is 67.6 Å². The van der Waals surface area contributed by atoms with Crippen molar-refractivity contribution in [2.75, 3.05) is 25.0 Å². The van der Waals surface area contributed by atoms with Crippen molar-refractivity contribution in [2.24, 2.45) is 11.7 Å². The highest BCUT2D eigenvalue weighted by Crippen LogP contribution is 2.35. The molecule has 10 nitrogen and oxygen atoms in total. The Bertz CT molecular complexity index is 1290. The third kappa shape index (κ3) is 5.09. The number of nitrogens with one attached hydrogen (secondary N) is 2. The number of alkyl halides is 3. The van der Waals surface area contributed by atoms with Gasteiger partial charge in [-0.25, -0.2) is 15.0 Å². The number of aliphatic hydroxyl groups is 1. The summed E-state index contributed by atoms with van der Waals surface area (Å²) < 4.78 is 39.7. The molecule has 4 heterocycles. The number of H-pyrrole nitrogens is 1. The first kappa shape index (κ1) is 25.3. The average molecular weight is 503 g/mol. The molecular formula is C23H25F3N8O2. The largest absolute Gasteiger partial charge is 0.417 e. The quantitative estimate of drug-likeness (QED) is 0.400. The topological polar surface area (TPSA) is 157 Å². The van der Waals surface area contributed by atoms with E-state index in [-0.39, 0.29) is 46.1 Å². The zero-order chi connectivity index (χ0) is 26.0. The van der Waals surface area contributed by atoms with Gasteiger partial charge in [0.25, 0.3) is 0 Å². The molecule has 0 bridgehead atoms. The SMILES string of the molecule is C[C@@H](Nc1ncc(C#N)c(-c2c[nH]c3ncc(C(F)(F)F)cc23)n1)C1CCN(C(=O)C(N)CO)CC1. The number of amides is 1. The summed E-state index contributed by atoms with van der Waals surface area (Å²) in [7, 11) is 0. The monoisotopic (exact) mass is 502 g/mol. The van der Waals surface area contributed by atoms with Crippen molar-refractivity contribution < 1.29 is 23.1 Å². The number of fused-ring (bicyclic) bond motifs is 1. The van der Waals surface area contributed by atoms with E-state index >= 15 is 0 Å². The molecule has 1 unspecified atom stereocenters. The van der Waals surface area contributed by atoms with Crippen LogP contribution in [0.5, 0.6) is 0 Å². The van der Waals surface area contributed by atoms with Crippen LogP contribution in [-0.2, 0) is 11.0 Å². The fourth-order valence-corrected chi connectivity index (χ4v) is 4.35. The van der Waals surface area contributed by atoms with Crippen LogP contribution >= 0.6 is 0 Å². The van der Waals surface area contributed by atoms with Gasteiger partial charge in [0.15, 0.2) is 0 Å². The Balaban J connectivity index is 1.54. The smallest absolute Gasteiger partial charge is 0.394 e. The molecule has 0 saturated carbocycles. The van der Waals surface area contributed by atoms with Crippen molar-refractivity contribution in [3.63, 3.8) is 0 Å². The molecule has 13 heteroatoms. The molecule has 0 radical (unpaired) electrons. The lowest BCUT2D eigenvalue weighted by Gasteiger charge is -2.36. The summed E-state index contributed by atoms with van der Waals surface area (Å²) in [4.78, 5) is 29.2. The first-order valence-corrected chi connectivity index (χ1v) is 11.4. The van der Waals surface area contributed by atoms with E-state index < -0.39 is 24.4 Å². The molecule has 0 spiro atoms. The van der Waals surface area contributed by atoms with Crippen LogP contribution in [0.25, 0.3) is 22.3 Å². The van der Waals surface area contributed by atoms with Crippen LogP contribution < -0.4 is 11.1 Å². The molecule has 5 N–H and O–H groups in total. The Morgan fingerprint density at radius 3 is 2.72 bits per heavy atom. The molecule has 0 aromatic carbocycles. The highest BCUT2D eigenvalue weighted by molar-refractivity contribution is 5.94. The van der Waals surface area contributed by atoms with Gasteiger partial charge in [0.2, 0.25) is 11.9 Å². The van der Waals surface area contributed by atoms with E-state index in [0.717, 1.165) is 12.3 Å². The standard InChI is InChI=1S/C23H25F3N8O2/c1-12(13-2-4-34(5-3-13)21(36)18(28)11-35)32-22-31-8-14(7-27)19(33-22)17-10-30-20-16(17)6-15(9-29-20)23(24,25)26/h6,8-10,12-13,18,35H,2-5,11,28H2,1H3,(H,29,30)(H,31,32,33)/t12-,18?/m1/s1. The van der Waals surface area contributed by atoms with Gasteiger partial charge in [0, 0.05) is 42.5 Å². The predicted molar refractivity (Wildman–Crippen MR) is 124 cm³/mol. The maximum absolute atomic E-state index is 13.2. The number of nitrogens with zero attached hydrogens (tertiary/aromatic N) is 5. The van der Waals surface area contributed by atoms with Crippen molar-refractivity contribution in [2.45, 2.75) is 38.0 Å². The van der Waals surface area contributed by atoms with Crippen LogP contribution in [0.3, 0.4) is 0 Å². The highest BCUT2D eigenvalue weighted by Gasteiger charge is 2.32. The number of hydrogen-bond donors (Lipinski definition) is 4. The van der Waals surface area contributed by atoms with Gasteiger partial charge in [0.1, 0.15) is 17.8 Å². The minimum atomic E-state index is -4.56. The van der Waals surface area contributed by atoms with E-state index in [4.69, 9.17) is 10.8 Å². The molecule has 3 aromatic heterocycles. The summed E-state index contributed by atoms with van der Waals surface area (Å²) in [6.07, 6.45) is 0.391. The van der Waals surface area contributed by atoms with Gasteiger partial charge < -0.3 is 26.0 Å². The van der Waals surface area contributed by atoms with Crippen LogP contribution in [0.15, 0.2) is 24.7 Å². The Morgan fingerprint density at radius 1 is 1.36 bits per heavy atom. The zero-order valence-electron chi connectivity index (χ0n) is 19.4. The lowest BCUT2D eigenvalue weighted by Crippen LogP contribution is -2.49. The number of aliphatic hydroxyl groups excluding tert-OH is 1. The van der Waals surface area contributed by atoms with Crippen molar-refractivity contribution in [1.29, 1.82) is 5.26 Å². The Morgan fingerprint density at radius 2 is 2.08 bits per heavy atom. The molecule has 0 aliphatic carbocycles. The summed E-state index contributed by atoms with van der Waals surface area (Å²) >= 11 is 0. The number of carbonyl (C=O) groups is 1. The van der Waals surface area contributed by atoms with E-state index in [1.165, 1.54) is 12.4 Å². The molecule has 36 heavy (non-hydrogen) atoms. The van der Waals surface area contributed by atoms with Gasteiger partial charge >= 0.3 is 6.18 Å². The summed E-state index contributed by atoms with van der Waals surface area (Å²) in [6, 6.07) is 1.96. The van der Waals surface area contributed by atoms with Crippen LogP contribution in [0.4, 0.5) is 19.1 Å². The lowest BCUT2D eigenvalue weighted by molar-refractivity contribution is -0.137. The van der Waals surface area contributed by atoms with Gasteiger partial charge in [-0.1, -0.05) is 0 Å². The number of piperidine rings is 1. The summed E-state index contributed by atoms with van der Waals surface area (Å²) in [5.41, 5.74) is 5.58. The fraction of sp³-hybridized carbons (Fsp3) is 0.435. The summed E-state index contributed by atoms with van der Waals surface area (Å²) in [5, 5.41) is 22.1. The maximum atomic E-state index is 13.2. The summed E-state index contributed by atoms with van der Waals surface area (Å²) in [5.74, 6) is 0.138. The van der Waals surface area contributed by atoms with Crippen LogP contribution in [0.1, 0.15) is 30.9 Å². The van der Waals surface area contributed by atoms with Crippen LogP contribution in [0.2, 0.25) is 0 Å². The van der Waals surface area contributed by atoms with Crippen molar-refractivity contribution in [3.05, 3.63) is 35.8 Å². The number of carbonyl (C=O) groups excluding carboxylic acids is 1. The van der Waals surface area contributed by atoms with Gasteiger partial charge in [0.05, 0.1) is 29.6 Å². The Labute approximate surface area is 204 Å². The molecule has 3 aromatic rings. The number of likely N-dealkylation sites (tertiary alicyclic amines) is 1. The maximum Gasteiger partial charge on any atom is 0.417 e. The normalized spacial score (nSPS) is 16.5. The Kier molecular flexibility index (Phi) is 7.09. The minimum Gasteiger partial charge on any atom is -0.394 e. The number of nitriles is 1. The molecule has 4 rings (SSSR count). The van der Waals surface area contributed by atoms with E-state index in [1.807, 2.05) is 13.0 Å². The third-order valence-corrected chi connectivity index (χ3v) is 6.45. The lowest BCUT2D eigenvalue weighted by atomic mass is 9.90. The molecular weight excluding hydrogens is 477 g/mol. The molecule has 1 aliphatic rings. The molecule has 190 valence electrons. The molecule has 1 amide bonds. The molecule has 1 fully saturated rings. The van der Waals surface area contributed by atoms with Crippen molar-refractivity contribution >= 4 is 22.9 Å². The highest BCUT2D eigenvalue weighted by atomic mass is 19.4. The fourth-order valence-electron chi connectivity index (χ4n) is 4.35. The van der Waals surface area contributed by atoms with E-state index in [1.54, 1.807) is 4.90 Å². The number of nitrogens with two attached hydrogens (primary N) is 1. The van der Waals surface area contributed by atoms with E-state index in [9.17, 15) is 23.2 Å². The van der Waals surface area contributed by atoms with Crippen LogP contribution in [0, 0.1) is 17.2 Å². The number of halogens is 3. The van der Waals surface area contributed by atoms with Gasteiger partial charge in [-0.15, -0.1) is 0 Å². The number of aromatic nitrogens is 4. The van der Waals surface area contributed by atoms with Gasteiger partial charge in [-0.05, 0) is 31.7 Å². The predicted octanol–water partition coefficient (Wildman–Crippen LogP) is 2.27. The van der Waals surface area contributed by atoms with Crippen molar-refractivity contribution in [3.8, 4) is 17.3 Å². The number of hydrogen-bond acceptors (Lipinski definition) is 8. The molecule has 1 saturated heterocycles. The van der Waals surface area contributed by atoms with Crippen molar-refractivity contribution in [1.82, 2.24) is 24.8 Å². The Hall–Kier alpha value is -3.76. The van der Waals surface area contributed by atoms with Gasteiger partial charge in [-0.2, -0.15) is 18.4 Å². The first-order chi connectivity index (χ1) is 17.1. The number of anilines is 1. The minimum absolute atomic E-state index is 0.0870. The van der Waals surface area contributed by atoms with E-state index in [0.29, 0.717) is 31.5 Å². The second-order valence-corrected chi connectivity index (χ2v) is 8.77. The zero-order valence-corrected chi connectivity index (χ0v) is 19.4. The number of pyridine rings is 1. The first-order valence-electron chi connectivity index (χ1n) is 11.4. The molecule has 2 atom stereocenters. The second-order valence-electron chi connectivity index (χ2n) is 8.77. The average Bonchev–Trinajstić information content (AvgIpc) is 3.30. The number of aromatic amines is 1. The molecule has 1 aliphatic heterocycles. The van der Waals surface area contributed by atoms with E-state index in [2.05, 4.69) is 25.3 Å². The summed E-state index contributed by atoms with van der Waals surface area (Å²) in [6.45, 7) is 2.56.